The first-order chi connectivity index (χ1) is 6.77. The van der Waals surface area contributed by atoms with Crippen molar-refractivity contribution in [1.82, 2.24) is 10.3 Å². The number of aryl methyl sites for hydroxylation is 1. The molecule has 0 bridgehead atoms. The number of hydrogen-bond donors (Lipinski definition) is 1. The van der Waals surface area contributed by atoms with Crippen LogP contribution in [-0.4, -0.2) is 11.0 Å². The molecule has 1 aromatic heterocycles. The second-order valence-corrected chi connectivity index (χ2v) is 4.31. The average Bonchev–Trinajstić information content (AvgIpc) is 2.99. The highest BCUT2D eigenvalue weighted by atomic mass is 14.9. The molecule has 0 radical (unpaired) electrons. The van der Waals surface area contributed by atoms with Crippen LogP contribution in [0.4, 0.5) is 0 Å². The molecular formula is C12H18N2. The zero-order chi connectivity index (χ0) is 9.97. The van der Waals surface area contributed by atoms with Crippen LogP contribution in [-0.2, 0) is 6.54 Å². The number of aromatic nitrogens is 1. The molecule has 1 fully saturated rings. The molecule has 2 heteroatoms. The molecule has 1 N–H and O–H groups in total. The Morgan fingerprint density at radius 3 is 3.00 bits per heavy atom. The van der Waals surface area contributed by atoms with Crippen LogP contribution in [0.2, 0.25) is 0 Å². The van der Waals surface area contributed by atoms with Crippen LogP contribution in [0.5, 0.6) is 0 Å². The van der Waals surface area contributed by atoms with Crippen molar-refractivity contribution in [2.24, 2.45) is 5.92 Å². The van der Waals surface area contributed by atoms with Crippen LogP contribution in [0.25, 0.3) is 0 Å². The summed E-state index contributed by atoms with van der Waals surface area (Å²) in [5.41, 5.74) is 2.65. The van der Waals surface area contributed by atoms with Crippen molar-refractivity contribution in [1.29, 1.82) is 0 Å². The van der Waals surface area contributed by atoms with E-state index in [4.69, 9.17) is 0 Å². The van der Waals surface area contributed by atoms with Crippen molar-refractivity contribution < 1.29 is 0 Å². The average molecular weight is 190 g/mol. The van der Waals surface area contributed by atoms with E-state index in [1.54, 1.807) is 0 Å². The third-order valence-electron chi connectivity index (χ3n) is 3.08. The summed E-state index contributed by atoms with van der Waals surface area (Å²) >= 11 is 0. The van der Waals surface area contributed by atoms with Gasteiger partial charge < -0.3 is 5.32 Å². The number of nitrogens with one attached hydrogen (secondary N) is 1. The van der Waals surface area contributed by atoms with Gasteiger partial charge in [-0.3, -0.25) is 4.98 Å². The maximum Gasteiger partial charge on any atom is 0.0300 e. The summed E-state index contributed by atoms with van der Waals surface area (Å²) in [6, 6.07) is 2.77. The first-order valence-corrected chi connectivity index (χ1v) is 5.40. The molecule has 1 atom stereocenters. The van der Waals surface area contributed by atoms with Gasteiger partial charge in [-0.05, 0) is 49.8 Å². The Balaban J connectivity index is 1.87. The zero-order valence-corrected chi connectivity index (χ0v) is 8.96. The molecular weight excluding hydrogens is 172 g/mol. The molecule has 1 aromatic rings. The first kappa shape index (κ1) is 9.66. The van der Waals surface area contributed by atoms with Crippen LogP contribution in [0, 0.1) is 12.8 Å². The second kappa shape index (κ2) is 4.09. The Hall–Kier alpha value is -0.890. The van der Waals surface area contributed by atoms with Crippen molar-refractivity contribution in [2.75, 3.05) is 0 Å². The highest BCUT2D eigenvalue weighted by molar-refractivity contribution is 5.21. The fraction of sp³-hybridized carbons (Fsp3) is 0.583. The standard InChI is InChI=1S/C12H18N2/c1-9-7-13-6-5-12(9)8-14-10(2)11-3-4-11/h5-7,10-11,14H,3-4,8H2,1-2H3. The van der Waals surface area contributed by atoms with Crippen molar-refractivity contribution in [3.8, 4) is 0 Å². The minimum atomic E-state index is 0.669. The van der Waals surface area contributed by atoms with Gasteiger partial charge in [-0.1, -0.05) is 0 Å². The van der Waals surface area contributed by atoms with E-state index < -0.39 is 0 Å². The SMILES string of the molecule is Cc1cnccc1CNC(C)C1CC1. The van der Waals surface area contributed by atoms with Gasteiger partial charge in [-0.15, -0.1) is 0 Å². The molecule has 1 saturated carbocycles. The molecule has 0 amide bonds. The Morgan fingerprint density at radius 2 is 2.36 bits per heavy atom. The monoisotopic (exact) mass is 190 g/mol. The Bertz CT molecular complexity index is 305. The third-order valence-corrected chi connectivity index (χ3v) is 3.08. The maximum absolute atomic E-state index is 4.09. The fourth-order valence-electron chi connectivity index (χ4n) is 1.73. The Morgan fingerprint density at radius 1 is 1.57 bits per heavy atom. The number of pyridine rings is 1. The second-order valence-electron chi connectivity index (χ2n) is 4.31. The molecule has 0 aromatic carbocycles. The molecule has 2 rings (SSSR count). The molecule has 76 valence electrons. The summed E-state index contributed by atoms with van der Waals surface area (Å²) in [6.07, 6.45) is 6.61. The normalized spacial score (nSPS) is 18.1. The highest BCUT2D eigenvalue weighted by Crippen LogP contribution is 2.32. The molecule has 2 nitrogen and oxygen atoms in total. The predicted molar refractivity (Wildman–Crippen MR) is 58.0 cm³/mol. The lowest BCUT2D eigenvalue weighted by Gasteiger charge is -2.13. The largest absolute Gasteiger partial charge is 0.310 e. The summed E-state index contributed by atoms with van der Waals surface area (Å²) in [4.78, 5) is 4.09. The van der Waals surface area contributed by atoms with Gasteiger partial charge in [0.1, 0.15) is 0 Å². The van der Waals surface area contributed by atoms with Gasteiger partial charge >= 0.3 is 0 Å². The van der Waals surface area contributed by atoms with Gasteiger partial charge in [-0.2, -0.15) is 0 Å². The van der Waals surface area contributed by atoms with Crippen molar-refractivity contribution in [3.05, 3.63) is 29.6 Å². The summed E-state index contributed by atoms with van der Waals surface area (Å²) in [7, 11) is 0. The van der Waals surface area contributed by atoms with Crippen LogP contribution in [0.1, 0.15) is 30.9 Å². The maximum atomic E-state index is 4.09. The minimum absolute atomic E-state index is 0.669. The van der Waals surface area contributed by atoms with E-state index in [-0.39, 0.29) is 0 Å². The molecule has 1 aliphatic carbocycles. The quantitative estimate of drug-likeness (QED) is 0.788. The molecule has 0 saturated heterocycles. The Labute approximate surface area is 85.7 Å². The lowest BCUT2D eigenvalue weighted by molar-refractivity contribution is 0.495. The number of hydrogen-bond acceptors (Lipinski definition) is 2. The van der Waals surface area contributed by atoms with Gasteiger partial charge in [0.25, 0.3) is 0 Å². The van der Waals surface area contributed by atoms with E-state index in [1.165, 1.54) is 24.0 Å². The first-order valence-electron chi connectivity index (χ1n) is 5.40. The van der Waals surface area contributed by atoms with Crippen LogP contribution in [0.3, 0.4) is 0 Å². The van der Waals surface area contributed by atoms with Crippen LogP contribution >= 0.6 is 0 Å². The summed E-state index contributed by atoms with van der Waals surface area (Å²) in [5, 5.41) is 3.57. The third kappa shape index (κ3) is 2.32. The lowest BCUT2D eigenvalue weighted by Crippen LogP contribution is -2.27. The smallest absolute Gasteiger partial charge is 0.0300 e. The minimum Gasteiger partial charge on any atom is -0.310 e. The van der Waals surface area contributed by atoms with E-state index in [0.717, 1.165) is 12.5 Å². The van der Waals surface area contributed by atoms with Crippen LogP contribution in [0.15, 0.2) is 18.5 Å². The molecule has 14 heavy (non-hydrogen) atoms. The van der Waals surface area contributed by atoms with Crippen molar-refractivity contribution >= 4 is 0 Å². The number of nitrogens with zero attached hydrogens (tertiary/aromatic N) is 1. The molecule has 1 heterocycles. The lowest BCUT2D eigenvalue weighted by atomic mass is 10.1. The van der Waals surface area contributed by atoms with Gasteiger partial charge in [-0.25, -0.2) is 0 Å². The topological polar surface area (TPSA) is 24.9 Å². The molecule has 0 aliphatic heterocycles. The van der Waals surface area contributed by atoms with Gasteiger partial charge in [0.15, 0.2) is 0 Å². The molecule has 1 unspecified atom stereocenters. The van der Waals surface area contributed by atoms with E-state index in [1.807, 2.05) is 12.4 Å². The van der Waals surface area contributed by atoms with Crippen molar-refractivity contribution in [3.63, 3.8) is 0 Å². The predicted octanol–water partition coefficient (Wildman–Crippen LogP) is 2.28. The zero-order valence-electron chi connectivity index (χ0n) is 8.96. The van der Waals surface area contributed by atoms with E-state index in [2.05, 4.69) is 30.2 Å². The molecule has 1 aliphatic rings. The number of rotatable bonds is 4. The van der Waals surface area contributed by atoms with E-state index in [0.29, 0.717) is 6.04 Å². The van der Waals surface area contributed by atoms with E-state index >= 15 is 0 Å². The fourth-order valence-corrected chi connectivity index (χ4v) is 1.73. The summed E-state index contributed by atoms with van der Waals surface area (Å²) in [6.45, 7) is 5.38. The van der Waals surface area contributed by atoms with Gasteiger partial charge in [0, 0.05) is 25.0 Å². The van der Waals surface area contributed by atoms with Crippen LogP contribution < -0.4 is 5.32 Å². The van der Waals surface area contributed by atoms with Gasteiger partial charge in [0.2, 0.25) is 0 Å². The van der Waals surface area contributed by atoms with E-state index in [9.17, 15) is 0 Å². The summed E-state index contributed by atoms with van der Waals surface area (Å²) < 4.78 is 0. The summed E-state index contributed by atoms with van der Waals surface area (Å²) in [5.74, 6) is 0.928. The highest BCUT2D eigenvalue weighted by Gasteiger charge is 2.27. The molecule has 0 spiro atoms. The van der Waals surface area contributed by atoms with Gasteiger partial charge in [0.05, 0.1) is 0 Å². The van der Waals surface area contributed by atoms with Crippen molar-refractivity contribution in [2.45, 2.75) is 39.3 Å². The Kier molecular flexibility index (Phi) is 2.82.